The largest absolute Gasteiger partial charge is 0.461 e. The number of likely N-dealkylation sites (tertiary alicyclic amines) is 1. The maximum atomic E-state index is 6.20. The molecule has 5 heterocycles. The molecule has 0 amide bonds. The molecule has 2 aliphatic rings. The Morgan fingerprint density at radius 3 is 2.83 bits per heavy atom. The van der Waals surface area contributed by atoms with Gasteiger partial charge in [0, 0.05) is 43.5 Å². The average Bonchev–Trinajstić information content (AvgIpc) is 3.53. The first kappa shape index (κ1) is 17.1. The Labute approximate surface area is 173 Å². The lowest BCUT2D eigenvalue weighted by atomic mass is 10.1. The van der Waals surface area contributed by atoms with Gasteiger partial charge in [0.1, 0.15) is 5.82 Å². The zero-order valence-corrected chi connectivity index (χ0v) is 16.3. The van der Waals surface area contributed by atoms with Crippen molar-refractivity contribution in [1.29, 1.82) is 0 Å². The second kappa shape index (κ2) is 6.62. The average molecular weight is 399 g/mol. The molecule has 0 spiro atoms. The van der Waals surface area contributed by atoms with Crippen molar-refractivity contribution in [3.05, 3.63) is 72.3 Å². The fraction of sp³-hybridized carbons (Fsp3) is 0.227. The zero-order valence-electron chi connectivity index (χ0n) is 16.3. The van der Waals surface area contributed by atoms with Crippen molar-refractivity contribution in [2.75, 3.05) is 23.7 Å². The van der Waals surface area contributed by atoms with Crippen LogP contribution in [0, 0.1) is 5.92 Å². The Hall–Kier alpha value is -3.81. The number of benzene rings is 1. The van der Waals surface area contributed by atoms with Crippen LogP contribution in [0.15, 0.2) is 71.1 Å². The van der Waals surface area contributed by atoms with Crippen molar-refractivity contribution in [2.45, 2.75) is 13.0 Å². The summed E-state index contributed by atoms with van der Waals surface area (Å²) in [5, 5.41) is 4.42. The van der Waals surface area contributed by atoms with Gasteiger partial charge in [-0.1, -0.05) is 30.3 Å². The molecule has 0 radical (unpaired) electrons. The maximum absolute atomic E-state index is 6.20. The molecule has 1 aromatic carbocycles. The minimum absolute atomic E-state index is 0.310. The molecule has 1 unspecified atom stereocenters. The Balaban J connectivity index is 1.30. The van der Waals surface area contributed by atoms with E-state index in [1.54, 1.807) is 10.8 Å². The topological polar surface area (TPSA) is 88.7 Å². The van der Waals surface area contributed by atoms with E-state index in [0.717, 1.165) is 31.9 Å². The van der Waals surface area contributed by atoms with E-state index in [2.05, 4.69) is 61.4 Å². The molecule has 2 N–H and O–H groups in total. The third-order valence-corrected chi connectivity index (χ3v) is 5.82. The lowest BCUT2D eigenvalue weighted by Gasteiger charge is -2.20. The number of furan rings is 1. The van der Waals surface area contributed by atoms with E-state index >= 15 is 0 Å². The number of nitrogens with zero attached hydrogens (tertiary/aromatic N) is 6. The standard InChI is InChI=1S/C22H21N7O/c23-22-25-19(11-20-24-21(26-29(20)22)18-7-4-10-30-18)28-13-16-8-9-27(17(16)14-28)12-15-5-2-1-3-6-15/h1-7,10-11,14,16H,8-9,12-13H2,(H2,23,25). The summed E-state index contributed by atoms with van der Waals surface area (Å²) in [6.45, 7) is 2.93. The van der Waals surface area contributed by atoms with Crippen LogP contribution in [0.2, 0.25) is 0 Å². The summed E-state index contributed by atoms with van der Waals surface area (Å²) in [6, 6.07) is 16.2. The van der Waals surface area contributed by atoms with Crippen molar-refractivity contribution in [3.63, 3.8) is 0 Å². The number of nitrogen functional groups attached to an aromatic ring is 1. The number of aromatic nitrogens is 4. The van der Waals surface area contributed by atoms with Crippen molar-refractivity contribution < 1.29 is 4.42 Å². The van der Waals surface area contributed by atoms with Gasteiger partial charge < -0.3 is 20.0 Å². The van der Waals surface area contributed by atoms with Crippen LogP contribution in [-0.2, 0) is 6.54 Å². The van der Waals surface area contributed by atoms with E-state index in [1.807, 2.05) is 18.2 Å². The van der Waals surface area contributed by atoms with Gasteiger partial charge in [-0.15, -0.1) is 5.10 Å². The predicted octanol–water partition coefficient (Wildman–Crippen LogP) is 3.15. The molecule has 30 heavy (non-hydrogen) atoms. The molecule has 1 saturated heterocycles. The highest BCUT2D eigenvalue weighted by atomic mass is 16.3. The first-order valence-corrected chi connectivity index (χ1v) is 10.1. The molecule has 8 nitrogen and oxygen atoms in total. The summed E-state index contributed by atoms with van der Waals surface area (Å²) < 4.78 is 6.95. The van der Waals surface area contributed by atoms with Crippen molar-refractivity contribution >= 4 is 17.4 Å². The molecule has 150 valence electrons. The second-order valence-electron chi connectivity index (χ2n) is 7.75. The molecule has 0 aliphatic carbocycles. The molecule has 0 bridgehead atoms. The molecular weight excluding hydrogens is 378 g/mol. The fourth-order valence-electron chi connectivity index (χ4n) is 4.36. The lowest BCUT2D eigenvalue weighted by molar-refractivity contribution is 0.384. The molecule has 1 atom stereocenters. The maximum Gasteiger partial charge on any atom is 0.225 e. The molecular formula is C22H21N7O. The zero-order chi connectivity index (χ0) is 20.1. The minimum atomic E-state index is 0.310. The monoisotopic (exact) mass is 399 g/mol. The van der Waals surface area contributed by atoms with Crippen LogP contribution < -0.4 is 10.6 Å². The molecule has 2 aliphatic heterocycles. The lowest BCUT2D eigenvalue weighted by Crippen LogP contribution is -2.20. The summed E-state index contributed by atoms with van der Waals surface area (Å²) in [4.78, 5) is 13.8. The van der Waals surface area contributed by atoms with Crippen LogP contribution in [0.25, 0.3) is 17.2 Å². The van der Waals surface area contributed by atoms with E-state index in [9.17, 15) is 0 Å². The molecule has 0 saturated carbocycles. The smallest absolute Gasteiger partial charge is 0.225 e. The Bertz CT molecular complexity index is 1230. The number of anilines is 2. The third kappa shape index (κ3) is 2.80. The van der Waals surface area contributed by atoms with Crippen LogP contribution in [0.4, 0.5) is 11.8 Å². The highest BCUT2D eigenvalue weighted by molar-refractivity contribution is 5.61. The Morgan fingerprint density at radius 1 is 1.10 bits per heavy atom. The molecule has 6 rings (SSSR count). The van der Waals surface area contributed by atoms with Crippen LogP contribution in [0.5, 0.6) is 0 Å². The summed E-state index contributed by atoms with van der Waals surface area (Å²) >= 11 is 0. The van der Waals surface area contributed by atoms with Crippen molar-refractivity contribution in [1.82, 2.24) is 24.5 Å². The van der Waals surface area contributed by atoms with E-state index in [4.69, 9.17) is 10.2 Å². The van der Waals surface area contributed by atoms with Gasteiger partial charge in [-0.25, -0.2) is 4.98 Å². The number of hydrogen-bond donors (Lipinski definition) is 1. The summed E-state index contributed by atoms with van der Waals surface area (Å²) in [5.41, 5.74) is 9.55. The Morgan fingerprint density at radius 2 is 2.00 bits per heavy atom. The van der Waals surface area contributed by atoms with E-state index in [0.29, 0.717) is 29.1 Å². The van der Waals surface area contributed by atoms with Gasteiger partial charge in [0.05, 0.1) is 6.26 Å². The minimum Gasteiger partial charge on any atom is -0.461 e. The van der Waals surface area contributed by atoms with Gasteiger partial charge in [-0.2, -0.15) is 9.50 Å². The summed E-state index contributed by atoms with van der Waals surface area (Å²) in [5.74, 6) is 2.72. The number of hydrogen-bond acceptors (Lipinski definition) is 7. The quantitative estimate of drug-likeness (QED) is 0.564. The van der Waals surface area contributed by atoms with Gasteiger partial charge >= 0.3 is 0 Å². The summed E-state index contributed by atoms with van der Waals surface area (Å²) in [7, 11) is 0. The van der Waals surface area contributed by atoms with Crippen LogP contribution in [0.3, 0.4) is 0 Å². The van der Waals surface area contributed by atoms with E-state index in [-0.39, 0.29) is 0 Å². The van der Waals surface area contributed by atoms with Gasteiger partial charge in [0.15, 0.2) is 11.4 Å². The van der Waals surface area contributed by atoms with Crippen LogP contribution in [-0.4, -0.2) is 37.6 Å². The van der Waals surface area contributed by atoms with Gasteiger partial charge in [0.2, 0.25) is 11.8 Å². The van der Waals surface area contributed by atoms with Gasteiger partial charge in [-0.3, -0.25) is 0 Å². The van der Waals surface area contributed by atoms with Crippen LogP contribution >= 0.6 is 0 Å². The molecule has 1 fully saturated rings. The first-order valence-electron chi connectivity index (χ1n) is 10.1. The second-order valence-corrected chi connectivity index (χ2v) is 7.75. The molecule has 4 aromatic rings. The van der Waals surface area contributed by atoms with E-state index < -0.39 is 0 Å². The number of nitrogens with two attached hydrogens (primary N) is 1. The molecule has 3 aromatic heterocycles. The number of rotatable bonds is 4. The fourth-order valence-corrected chi connectivity index (χ4v) is 4.36. The molecule has 8 heteroatoms. The normalized spacial score (nSPS) is 18.3. The van der Waals surface area contributed by atoms with E-state index in [1.165, 1.54) is 11.3 Å². The Kier molecular flexibility index (Phi) is 3.77. The SMILES string of the molecule is Nc1nc(N2C=C3C(CCN3Cc3ccccc3)C2)cc2nc(-c3ccco3)nn12. The summed E-state index contributed by atoms with van der Waals surface area (Å²) in [6.07, 6.45) is 4.97. The van der Waals surface area contributed by atoms with Crippen molar-refractivity contribution in [3.8, 4) is 11.6 Å². The van der Waals surface area contributed by atoms with Crippen LogP contribution in [0.1, 0.15) is 12.0 Å². The highest BCUT2D eigenvalue weighted by Gasteiger charge is 2.35. The van der Waals surface area contributed by atoms with Gasteiger partial charge in [0.25, 0.3) is 0 Å². The predicted molar refractivity (Wildman–Crippen MR) is 113 cm³/mol. The highest BCUT2D eigenvalue weighted by Crippen LogP contribution is 2.37. The van der Waals surface area contributed by atoms with Gasteiger partial charge in [-0.05, 0) is 24.1 Å². The first-order chi connectivity index (χ1) is 14.7. The number of fused-ring (bicyclic) bond motifs is 2. The van der Waals surface area contributed by atoms with Crippen molar-refractivity contribution in [2.24, 2.45) is 5.92 Å². The third-order valence-electron chi connectivity index (χ3n) is 5.82.